The number of hydrogen-bond acceptors (Lipinski definition) is 4. The van der Waals surface area contributed by atoms with Crippen LogP contribution in [0, 0.1) is 0 Å². The number of aliphatic hydroxyl groups excluding tert-OH is 1. The smallest absolute Gasteiger partial charge is 0.254 e. The summed E-state index contributed by atoms with van der Waals surface area (Å²) in [5.41, 5.74) is 0.450. The lowest BCUT2D eigenvalue weighted by Crippen LogP contribution is -2.39. The van der Waals surface area contributed by atoms with Gasteiger partial charge in [0.15, 0.2) is 0 Å². The number of carbonyl (C=O) groups excluding carboxylic acids is 2. The molecule has 1 N–H and O–H groups in total. The van der Waals surface area contributed by atoms with Crippen LogP contribution in [0.4, 0.5) is 0 Å². The van der Waals surface area contributed by atoms with E-state index in [2.05, 4.69) is 0 Å². The maximum Gasteiger partial charge on any atom is 0.254 e. The largest absolute Gasteiger partial charge is 0.389 e. The molecule has 1 aromatic carbocycles. The summed E-state index contributed by atoms with van der Waals surface area (Å²) in [7, 11) is 0. The highest BCUT2D eigenvalue weighted by Gasteiger charge is 2.30. The van der Waals surface area contributed by atoms with Crippen molar-refractivity contribution < 1.29 is 14.7 Å². The highest BCUT2D eigenvalue weighted by atomic mass is 35.5. The van der Waals surface area contributed by atoms with Crippen LogP contribution in [0.15, 0.2) is 41.8 Å². The molecule has 126 valence electrons. The predicted octanol–water partition coefficient (Wildman–Crippen LogP) is 2.25. The van der Waals surface area contributed by atoms with E-state index in [0.717, 1.165) is 4.88 Å². The molecule has 1 aliphatic rings. The molecule has 1 unspecified atom stereocenters. The number of β-amino-alcohol motifs (C(OH)–C–C–N with tert-alkyl or cyclic N) is 1. The van der Waals surface area contributed by atoms with Crippen LogP contribution < -0.4 is 0 Å². The molecule has 1 aliphatic heterocycles. The van der Waals surface area contributed by atoms with Crippen molar-refractivity contribution >= 4 is 34.8 Å². The molecule has 0 spiro atoms. The molecule has 0 bridgehead atoms. The summed E-state index contributed by atoms with van der Waals surface area (Å²) in [5, 5.41) is 12.7. The van der Waals surface area contributed by atoms with Gasteiger partial charge in [-0.15, -0.1) is 11.3 Å². The Morgan fingerprint density at radius 2 is 2.00 bits per heavy atom. The summed E-state index contributed by atoms with van der Waals surface area (Å²) >= 11 is 7.40. The van der Waals surface area contributed by atoms with Crippen molar-refractivity contribution in [1.29, 1.82) is 0 Å². The lowest BCUT2D eigenvalue weighted by molar-refractivity contribution is -0.131. The molecule has 0 aliphatic carbocycles. The summed E-state index contributed by atoms with van der Waals surface area (Å²) in [6, 6.07) is 10.4. The fraction of sp³-hybridized carbons (Fsp3) is 0.294. The Hall–Kier alpha value is -1.89. The average molecular weight is 365 g/mol. The van der Waals surface area contributed by atoms with Crippen LogP contribution >= 0.6 is 22.9 Å². The number of halogens is 1. The average Bonchev–Trinajstić information content (AvgIpc) is 3.01. The Kier molecular flexibility index (Phi) is 5.18. The zero-order chi connectivity index (χ0) is 17.1. The van der Waals surface area contributed by atoms with Crippen LogP contribution in [0.1, 0.15) is 15.2 Å². The van der Waals surface area contributed by atoms with E-state index in [4.69, 9.17) is 11.6 Å². The fourth-order valence-corrected chi connectivity index (χ4v) is 3.51. The van der Waals surface area contributed by atoms with Gasteiger partial charge in [-0.25, -0.2) is 0 Å². The Labute approximate surface area is 149 Å². The summed E-state index contributed by atoms with van der Waals surface area (Å²) in [6.07, 6.45) is -0.771. The second-order valence-electron chi connectivity index (χ2n) is 5.70. The van der Waals surface area contributed by atoms with Gasteiger partial charge in [0.1, 0.15) is 6.54 Å². The monoisotopic (exact) mass is 364 g/mol. The first-order chi connectivity index (χ1) is 11.5. The van der Waals surface area contributed by atoms with Crippen molar-refractivity contribution in [1.82, 2.24) is 9.80 Å². The molecule has 5 nitrogen and oxygen atoms in total. The Balaban J connectivity index is 1.73. The molecule has 0 radical (unpaired) electrons. The van der Waals surface area contributed by atoms with Crippen molar-refractivity contribution in [3.63, 3.8) is 0 Å². The van der Waals surface area contributed by atoms with Gasteiger partial charge in [-0.1, -0.05) is 17.7 Å². The number of rotatable bonds is 3. The molecule has 1 fully saturated rings. The molecule has 3 rings (SSSR count). The molecule has 1 aromatic heterocycles. The number of hydrogen-bond donors (Lipinski definition) is 1. The highest BCUT2D eigenvalue weighted by Crippen LogP contribution is 2.17. The topological polar surface area (TPSA) is 60.9 Å². The van der Waals surface area contributed by atoms with Crippen LogP contribution in [0.2, 0.25) is 5.02 Å². The first-order valence-electron chi connectivity index (χ1n) is 7.56. The quantitative estimate of drug-likeness (QED) is 0.908. The van der Waals surface area contributed by atoms with Crippen molar-refractivity contribution in [2.75, 3.05) is 19.6 Å². The molecule has 2 heterocycles. The van der Waals surface area contributed by atoms with Gasteiger partial charge in [0.2, 0.25) is 5.91 Å². The summed E-state index contributed by atoms with van der Waals surface area (Å²) in [6.45, 7) is 0.774. The normalized spacial score (nSPS) is 18.6. The molecule has 24 heavy (non-hydrogen) atoms. The number of amides is 2. The molecular formula is C17H17ClN2O3S. The molecule has 2 amide bonds. The first-order valence-corrected chi connectivity index (χ1v) is 8.82. The first kappa shape index (κ1) is 17.0. The number of benzene rings is 1. The zero-order valence-electron chi connectivity index (χ0n) is 12.9. The van der Waals surface area contributed by atoms with Gasteiger partial charge in [-0.3, -0.25) is 9.59 Å². The minimum absolute atomic E-state index is 0.0378. The van der Waals surface area contributed by atoms with E-state index in [1.54, 1.807) is 40.5 Å². The zero-order valence-corrected chi connectivity index (χ0v) is 14.5. The Morgan fingerprint density at radius 3 is 2.67 bits per heavy atom. The third kappa shape index (κ3) is 3.95. The van der Waals surface area contributed by atoms with Gasteiger partial charge < -0.3 is 14.9 Å². The van der Waals surface area contributed by atoms with Crippen molar-refractivity contribution in [2.24, 2.45) is 0 Å². The van der Waals surface area contributed by atoms with E-state index >= 15 is 0 Å². The lowest BCUT2D eigenvalue weighted by atomic mass is 10.2. The van der Waals surface area contributed by atoms with E-state index in [0.29, 0.717) is 17.1 Å². The van der Waals surface area contributed by atoms with Gasteiger partial charge in [0.25, 0.3) is 5.91 Å². The number of nitrogens with zero attached hydrogens (tertiary/aromatic N) is 2. The maximum absolute atomic E-state index is 12.6. The van der Waals surface area contributed by atoms with Crippen molar-refractivity contribution in [2.45, 2.75) is 12.6 Å². The van der Waals surface area contributed by atoms with Gasteiger partial charge in [0, 0.05) is 28.6 Å². The minimum atomic E-state index is -0.771. The molecule has 1 atom stereocenters. The van der Waals surface area contributed by atoms with Crippen LogP contribution in [0.3, 0.4) is 0 Å². The van der Waals surface area contributed by atoms with Crippen LogP contribution in [-0.4, -0.2) is 52.5 Å². The summed E-state index contributed by atoms with van der Waals surface area (Å²) in [4.78, 5) is 29.1. The van der Waals surface area contributed by atoms with E-state index in [1.807, 2.05) is 17.5 Å². The second-order valence-corrected chi connectivity index (χ2v) is 7.17. The Bertz CT molecular complexity index is 718. The highest BCUT2D eigenvalue weighted by molar-refractivity contribution is 7.09. The number of carbonyl (C=O) groups is 2. The van der Waals surface area contributed by atoms with E-state index in [-0.39, 0.29) is 31.4 Å². The van der Waals surface area contributed by atoms with Gasteiger partial charge in [-0.2, -0.15) is 0 Å². The summed E-state index contributed by atoms with van der Waals surface area (Å²) in [5.74, 6) is -0.445. The van der Waals surface area contributed by atoms with Gasteiger partial charge in [0.05, 0.1) is 12.6 Å². The minimum Gasteiger partial charge on any atom is -0.389 e. The maximum atomic E-state index is 12.6. The summed E-state index contributed by atoms with van der Waals surface area (Å²) < 4.78 is 0. The molecule has 1 saturated heterocycles. The van der Waals surface area contributed by atoms with Gasteiger partial charge >= 0.3 is 0 Å². The number of aliphatic hydroxyl groups is 1. The molecule has 2 aromatic rings. The standard InChI is InChI=1S/C17H17ClN2O3S/c18-13-5-3-12(4-6-13)17(23)20-9-14(21)8-19(16(22)11-20)10-15-2-1-7-24-15/h1-7,14,21H,8-11H2. The van der Waals surface area contributed by atoms with Crippen molar-refractivity contribution in [3.05, 3.63) is 57.2 Å². The molecule has 0 saturated carbocycles. The lowest BCUT2D eigenvalue weighted by Gasteiger charge is -2.21. The predicted molar refractivity (Wildman–Crippen MR) is 93.1 cm³/mol. The number of thiophene rings is 1. The third-order valence-corrected chi connectivity index (χ3v) is 4.96. The molecular weight excluding hydrogens is 348 g/mol. The Morgan fingerprint density at radius 1 is 1.25 bits per heavy atom. The van der Waals surface area contributed by atoms with Crippen LogP contribution in [0.5, 0.6) is 0 Å². The van der Waals surface area contributed by atoms with Crippen LogP contribution in [0.25, 0.3) is 0 Å². The molecule has 7 heteroatoms. The van der Waals surface area contributed by atoms with E-state index < -0.39 is 6.10 Å². The fourth-order valence-electron chi connectivity index (χ4n) is 2.67. The van der Waals surface area contributed by atoms with Crippen molar-refractivity contribution in [3.8, 4) is 0 Å². The van der Waals surface area contributed by atoms with Gasteiger partial charge in [-0.05, 0) is 35.7 Å². The second kappa shape index (κ2) is 7.34. The third-order valence-electron chi connectivity index (χ3n) is 3.85. The SMILES string of the molecule is O=C1CN(C(=O)c2ccc(Cl)cc2)CC(O)CN1Cc1cccs1. The van der Waals surface area contributed by atoms with E-state index in [9.17, 15) is 14.7 Å². The van der Waals surface area contributed by atoms with E-state index in [1.165, 1.54) is 4.90 Å². The van der Waals surface area contributed by atoms with Crippen LogP contribution in [-0.2, 0) is 11.3 Å².